The van der Waals surface area contributed by atoms with Crippen LogP contribution < -0.4 is 10.2 Å². The van der Waals surface area contributed by atoms with Gasteiger partial charge in [0, 0.05) is 9.79 Å². The molecule has 3 aromatic rings. The zero-order valence-corrected chi connectivity index (χ0v) is 17.3. The number of benzene rings is 3. The summed E-state index contributed by atoms with van der Waals surface area (Å²) in [4.78, 5) is 40.2. The number of rotatable bonds is 4. The van der Waals surface area contributed by atoms with E-state index in [1.807, 2.05) is 43.3 Å². The topological polar surface area (TPSA) is 66.5 Å². The van der Waals surface area contributed by atoms with E-state index in [4.69, 9.17) is 0 Å². The molecule has 1 aliphatic heterocycles. The second-order valence-corrected chi connectivity index (χ2v) is 8.07. The summed E-state index contributed by atoms with van der Waals surface area (Å²) in [7, 11) is 0. The van der Waals surface area contributed by atoms with Gasteiger partial charge in [0.05, 0.1) is 5.69 Å². The van der Waals surface area contributed by atoms with Gasteiger partial charge in [-0.1, -0.05) is 47.7 Å². The monoisotopic (exact) mass is 432 g/mol. The van der Waals surface area contributed by atoms with Crippen LogP contribution in [0.3, 0.4) is 0 Å². The third kappa shape index (κ3) is 4.57. The minimum Gasteiger partial charge on any atom is -0.273 e. The van der Waals surface area contributed by atoms with Crippen molar-refractivity contribution in [3.8, 4) is 0 Å². The predicted octanol–water partition coefficient (Wildman–Crippen LogP) is 4.95. The van der Waals surface area contributed by atoms with Crippen molar-refractivity contribution < 1.29 is 18.8 Å². The van der Waals surface area contributed by atoms with Crippen molar-refractivity contribution in [2.24, 2.45) is 0 Å². The molecule has 31 heavy (non-hydrogen) atoms. The molecule has 0 saturated carbocycles. The first-order valence-electron chi connectivity index (χ1n) is 9.42. The molecule has 0 spiro atoms. The van der Waals surface area contributed by atoms with E-state index < -0.39 is 23.7 Å². The molecule has 0 unspecified atom stereocenters. The smallest absolute Gasteiger partial charge is 0.273 e. The average molecular weight is 432 g/mol. The van der Waals surface area contributed by atoms with Gasteiger partial charge in [-0.15, -0.1) is 0 Å². The number of hydrogen-bond donors (Lipinski definition) is 1. The van der Waals surface area contributed by atoms with Crippen molar-refractivity contribution in [3.63, 3.8) is 0 Å². The van der Waals surface area contributed by atoms with Crippen LogP contribution in [0.25, 0.3) is 6.08 Å². The number of aryl methyl sites for hydroxylation is 1. The van der Waals surface area contributed by atoms with Crippen molar-refractivity contribution in [1.82, 2.24) is 5.32 Å². The van der Waals surface area contributed by atoms with E-state index in [1.165, 1.54) is 29.8 Å². The summed E-state index contributed by atoms with van der Waals surface area (Å²) in [5, 5.41) is 2.13. The molecule has 154 valence electrons. The highest BCUT2D eigenvalue weighted by molar-refractivity contribution is 7.99. The number of halogens is 1. The van der Waals surface area contributed by atoms with E-state index in [2.05, 4.69) is 5.32 Å². The molecular weight excluding hydrogens is 415 g/mol. The van der Waals surface area contributed by atoms with E-state index in [-0.39, 0.29) is 11.3 Å². The highest BCUT2D eigenvalue weighted by Gasteiger charge is 2.36. The van der Waals surface area contributed by atoms with Crippen molar-refractivity contribution in [1.29, 1.82) is 0 Å². The molecule has 0 radical (unpaired) electrons. The number of carbonyl (C=O) groups excluding carboxylic acids is 3. The Morgan fingerprint density at radius 2 is 1.55 bits per heavy atom. The number of nitrogens with one attached hydrogen (secondary N) is 1. The third-order valence-corrected chi connectivity index (χ3v) is 5.63. The Kier molecular flexibility index (Phi) is 5.68. The Bertz CT molecular complexity index is 1200. The number of imide groups is 2. The molecule has 1 aliphatic rings. The fourth-order valence-electron chi connectivity index (χ4n) is 3.05. The maximum Gasteiger partial charge on any atom is 0.335 e. The molecule has 1 fully saturated rings. The number of anilines is 1. The van der Waals surface area contributed by atoms with Crippen LogP contribution in [0.1, 0.15) is 11.1 Å². The summed E-state index contributed by atoms with van der Waals surface area (Å²) in [6.45, 7) is 2.03. The van der Waals surface area contributed by atoms with Crippen molar-refractivity contribution in [3.05, 3.63) is 95.3 Å². The zero-order chi connectivity index (χ0) is 22.0. The normalized spacial score (nSPS) is 15.4. The van der Waals surface area contributed by atoms with Gasteiger partial charge in [0.2, 0.25) is 0 Å². The summed E-state index contributed by atoms with van der Waals surface area (Å²) in [6.07, 6.45) is 1.41. The molecule has 1 N–H and O–H groups in total. The molecule has 0 bridgehead atoms. The number of urea groups is 1. The first kappa shape index (κ1) is 20.6. The van der Waals surface area contributed by atoms with Crippen LogP contribution in [0.2, 0.25) is 0 Å². The lowest BCUT2D eigenvalue weighted by Crippen LogP contribution is -2.54. The molecule has 3 aromatic carbocycles. The molecule has 4 amide bonds. The molecule has 7 heteroatoms. The molecule has 0 atom stereocenters. The van der Waals surface area contributed by atoms with E-state index in [1.54, 1.807) is 23.9 Å². The van der Waals surface area contributed by atoms with Crippen molar-refractivity contribution >= 4 is 41.4 Å². The SMILES string of the molecule is Cc1ccc(Sc2ccc(/C=C3\C(=O)NC(=O)N(c4cccc(F)c4)C3=O)cc2)cc1. The molecule has 0 aromatic heterocycles. The number of hydrogen-bond acceptors (Lipinski definition) is 4. The Morgan fingerprint density at radius 1 is 0.903 bits per heavy atom. The second-order valence-electron chi connectivity index (χ2n) is 6.92. The Hall–Kier alpha value is -3.71. The molecular formula is C24H17FN2O3S. The minimum atomic E-state index is -0.914. The maximum atomic E-state index is 13.6. The Balaban J connectivity index is 1.57. The van der Waals surface area contributed by atoms with Crippen LogP contribution in [0.4, 0.5) is 14.9 Å². The van der Waals surface area contributed by atoms with E-state index in [0.29, 0.717) is 5.56 Å². The third-order valence-electron chi connectivity index (χ3n) is 4.62. The highest BCUT2D eigenvalue weighted by atomic mass is 32.2. The van der Waals surface area contributed by atoms with Crippen LogP contribution in [-0.2, 0) is 9.59 Å². The van der Waals surface area contributed by atoms with E-state index in [0.717, 1.165) is 20.8 Å². The fraction of sp³-hybridized carbons (Fsp3) is 0.0417. The van der Waals surface area contributed by atoms with Gasteiger partial charge in [0.15, 0.2) is 0 Å². The summed E-state index contributed by atoms with van der Waals surface area (Å²) in [6, 6.07) is 19.7. The Labute approximate surface area is 182 Å². The van der Waals surface area contributed by atoms with Crippen LogP contribution in [-0.4, -0.2) is 17.8 Å². The number of amides is 4. The second kappa shape index (κ2) is 8.57. The molecule has 1 saturated heterocycles. The Morgan fingerprint density at radius 3 is 2.19 bits per heavy atom. The number of carbonyl (C=O) groups is 3. The first-order valence-corrected chi connectivity index (χ1v) is 10.2. The molecule has 0 aliphatic carbocycles. The lowest BCUT2D eigenvalue weighted by molar-refractivity contribution is -0.122. The lowest BCUT2D eigenvalue weighted by Gasteiger charge is -2.26. The number of nitrogens with zero attached hydrogens (tertiary/aromatic N) is 1. The lowest BCUT2D eigenvalue weighted by atomic mass is 10.1. The molecule has 4 rings (SSSR count). The summed E-state index contributed by atoms with van der Waals surface area (Å²) in [5.74, 6) is -2.19. The van der Waals surface area contributed by atoms with E-state index >= 15 is 0 Å². The van der Waals surface area contributed by atoms with Crippen molar-refractivity contribution in [2.45, 2.75) is 16.7 Å². The van der Waals surface area contributed by atoms with Gasteiger partial charge in [-0.05, 0) is 61.0 Å². The first-order chi connectivity index (χ1) is 14.9. The largest absolute Gasteiger partial charge is 0.335 e. The zero-order valence-electron chi connectivity index (χ0n) is 16.5. The van der Waals surface area contributed by atoms with Crippen LogP contribution in [0.15, 0.2) is 88.2 Å². The van der Waals surface area contributed by atoms with Gasteiger partial charge < -0.3 is 0 Å². The van der Waals surface area contributed by atoms with Gasteiger partial charge in [0.25, 0.3) is 11.8 Å². The average Bonchev–Trinajstić information content (AvgIpc) is 2.74. The standard InChI is InChI=1S/C24H17FN2O3S/c1-15-5-9-19(10-6-15)31-20-11-7-16(8-12-20)13-21-22(28)26-24(30)27(23(21)29)18-4-2-3-17(25)14-18/h2-14H,1H3,(H,26,28,30)/b21-13+. The van der Waals surface area contributed by atoms with Crippen molar-refractivity contribution in [2.75, 3.05) is 4.90 Å². The highest BCUT2D eigenvalue weighted by Crippen LogP contribution is 2.29. The van der Waals surface area contributed by atoms with Crippen LogP contribution in [0.5, 0.6) is 0 Å². The number of barbiturate groups is 1. The quantitative estimate of drug-likeness (QED) is 0.468. The van der Waals surface area contributed by atoms with Gasteiger partial charge in [0.1, 0.15) is 11.4 Å². The van der Waals surface area contributed by atoms with Crippen LogP contribution in [0, 0.1) is 12.7 Å². The van der Waals surface area contributed by atoms with Gasteiger partial charge in [-0.25, -0.2) is 14.1 Å². The van der Waals surface area contributed by atoms with Crippen LogP contribution >= 0.6 is 11.8 Å². The minimum absolute atomic E-state index is 0.0470. The van der Waals surface area contributed by atoms with Gasteiger partial charge >= 0.3 is 6.03 Å². The molecule has 1 heterocycles. The summed E-state index contributed by atoms with van der Waals surface area (Å²) < 4.78 is 13.6. The maximum absolute atomic E-state index is 13.6. The van der Waals surface area contributed by atoms with Gasteiger partial charge in [-0.3, -0.25) is 14.9 Å². The summed E-state index contributed by atoms with van der Waals surface area (Å²) in [5.41, 5.74) is 1.65. The fourth-order valence-corrected chi connectivity index (χ4v) is 3.86. The van der Waals surface area contributed by atoms with E-state index in [9.17, 15) is 18.8 Å². The predicted molar refractivity (Wildman–Crippen MR) is 117 cm³/mol. The van der Waals surface area contributed by atoms with Gasteiger partial charge in [-0.2, -0.15) is 0 Å². The molecule has 5 nitrogen and oxygen atoms in total. The summed E-state index contributed by atoms with van der Waals surface area (Å²) >= 11 is 1.60.